The van der Waals surface area contributed by atoms with Crippen molar-refractivity contribution >= 4 is 54.5 Å². The van der Waals surface area contributed by atoms with E-state index >= 15 is 4.39 Å². The van der Waals surface area contributed by atoms with E-state index < -0.39 is 0 Å². The van der Waals surface area contributed by atoms with Gasteiger partial charge in [-0.2, -0.15) is 0 Å². The lowest BCUT2D eigenvalue weighted by Crippen LogP contribution is -1.97. The number of hydrogen-bond donors (Lipinski definition) is 0. The van der Waals surface area contributed by atoms with Gasteiger partial charge in [0.05, 0.1) is 22.4 Å². The first kappa shape index (κ1) is 28.4. The second-order valence-corrected chi connectivity index (χ2v) is 12.6. The molecule has 2 heterocycles. The zero-order valence-electron chi connectivity index (χ0n) is 26.8. The van der Waals surface area contributed by atoms with Gasteiger partial charge >= 0.3 is 0 Å². The third kappa shape index (κ3) is 4.35. The van der Waals surface area contributed by atoms with Crippen LogP contribution in [-0.4, -0.2) is 9.97 Å². The Kier molecular flexibility index (Phi) is 6.36. The number of fused-ring (bicyclic) bond motifs is 6. The molecule has 234 valence electrons. The molecule has 8 aromatic carbocycles. The molecule has 0 bridgehead atoms. The summed E-state index contributed by atoms with van der Waals surface area (Å²) in [6.07, 6.45) is 0. The summed E-state index contributed by atoms with van der Waals surface area (Å²) in [5.41, 5.74) is 9.69. The van der Waals surface area contributed by atoms with E-state index in [1.165, 1.54) is 0 Å². The maximum Gasteiger partial charge on any atom is 0.143 e. The largest absolute Gasteiger partial charge is 0.455 e. The van der Waals surface area contributed by atoms with Gasteiger partial charge in [-0.25, -0.2) is 14.4 Å². The van der Waals surface area contributed by atoms with Crippen LogP contribution in [0.3, 0.4) is 0 Å². The molecule has 3 nitrogen and oxygen atoms in total. The minimum atomic E-state index is -0.320. The molecule has 0 saturated carbocycles. The van der Waals surface area contributed by atoms with Crippen LogP contribution < -0.4 is 0 Å². The Morgan fingerprint density at radius 2 is 0.920 bits per heavy atom. The number of hydrogen-bond acceptors (Lipinski definition) is 3. The van der Waals surface area contributed by atoms with Crippen LogP contribution in [0.4, 0.5) is 4.39 Å². The molecular weight excluding hydrogens is 616 g/mol. The number of halogens is 1. The van der Waals surface area contributed by atoms with Gasteiger partial charge in [0, 0.05) is 44.2 Å². The van der Waals surface area contributed by atoms with Crippen LogP contribution in [0.1, 0.15) is 0 Å². The Morgan fingerprint density at radius 3 is 1.56 bits per heavy atom. The van der Waals surface area contributed by atoms with E-state index in [0.717, 1.165) is 82.5 Å². The molecule has 0 amide bonds. The molecule has 0 N–H and O–H groups in total. The lowest BCUT2D eigenvalue weighted by atomic mass is 9.85. The molecule has 50 heavy (non-hydrogen) atoms. The van der Waals surface area contributed by atoms with Crippen LogP contribution in [0.5, 0.6) is 0 Å². The van der Waals surface area contributed by atoms with E-state index in [1.54, 1.807) is 6.07 Å². The number of nitrogens with zero attached hydrogens (tertiary/aromatic N) is 2. The van der Waals surface area contributed by atoms with Crippen molar-refractivity contribution in [2.45, 2.75) is 0 Å². The van der Waals surface area contributed by atoms with Crippen LogP contribution in [0, 0.1) is 5.82 Å². The van der Waals surface area contributed by atoms with Gasteiger partial charge in [0.25, 0.3) is 0 Å². The van der Waals surface area contributed by atoms with Crippen molar-refractivity contribution in [3.8, 4) is 44.8 Å². The van der Waals surface area contributed by atoms with E-state index in [0.29, 0.717) is 16.8 Å². The molecule has 10 rings (SSSR count). The average molecular weight is 643 g/mol. The monoisotopic (exact) mass is 642 g/mol. The summed E-state index contributed by atoms with van der Waals surface area (Å²) >= 11 is 0. The molecule has 0 aliphatic rings. The van der Waals surface area contributed by atoms with Gasteiger partial charge in [-0.3, -0.25) is 0 Å². The van der Waals surface area contributed by atoms with Crippen LogP contribution in [0.2, 0.25) is 0 Å². The van der Waals surface area contributed by atoms with E-state index in [4.69, 9.17) is 14.4 Å². The van der Waals surface area contributed by atoms with E-state index in [-0.39, 0.29) is 5.82 Å². The fraction of sp³-hybridized carbons (Fsp3) is 0. The minimum absolute atomic E-state index is 0.320. The highest BCUT2D eigenvalue weighted by Gasteiger charge is 2.22. The van der Waals surface area contributed by atoms with Gasteiger partial charge in [-0.05, 0) is 45.8 Å². The number of benzene rings is 8. The normalized spacial score (nSPS) is 11.7. The summed E-state index contributed by atoms with van der Waals surface area (Å²) in [5, 5.41) is 6.16. The molecule has 4 heteroatoms. The Morgan fingerprint density at radius 1 is 0.400 bits per heavy atom. The molecule has 0 fully saturated rings. The first-order chi connectivity index (χ1) is 24.7. The quantitative estimate of drug-likeness (QED) is 0.179. The predicted octanol–water partition coefficient (Wildman–Crippen LogP) is 12.6. The molecule has 0 aliphatic carbocycles. The first-order valence-electron chi connectivity index (χ1n) is 16.7. The molecular formula is C46H27FN2O. The highest BCUT2D eigenvalue weighted by Crippen LogP contribution is 2.47. The van der Waals surface area contributed by atoms with E-state index in [1.807, 2.05) is 109 Å². The zero-order chi connectivity index (χ0) is 33.2. The summed E-state index contributed by atoms with van der Waals surface area (Å²) in [5.74, 6) is -0.320. The summed E-state index contributed by atoms with van der Waals surface area (Å²) < 4.78 is 23.3. The van der Waals surface area contributed by atoms with Gasteiger partial charge < -0.3 is 4.42 Å². The number of aromatic nitrogens is 2. The number of para-hydroxylation sites is 4. The lowest BCUT2D eigenvalue weighted by molar-refractivity contribution is 0.632. The Hall–Kier alpha value is -6.65. The standard InChI is InChI=1S/C46H27FN2O/c47-38-27-29(45-44(28-13-2-1-3-14-28)48-39-22-9-10-23-40(39)49-45)25-26-36(38)42-31-16-4-6-18-33(31)43(34-19-7-5-17-32(34)42)37-21-12-20-35-30-15-8-11-24-41(30)50-46(35)37/h1-27H. The summed E-state index contributed by atoms with van der Waals surface area (Å²) in [4.78, 5) is 10.0. The van der Waals surface area contributed by atoms with Gasteiger partial charge in [-0.1, -0.05) is 140 Å². The van der Waals surface area contributed by atoms with Gasteiger partial charge in [0.1, 0.15) is 17.0 Å². The van der Waals surface area contributed by atoms with Crippen molar-refractivity contribution in [2.75, 3.05) is 0 Å². The predicted molar refractivity (Wildman–Crippen MR) is 204 cm³/mol. The van der Waals surface area contributed by atoms with Crippen molar-refractivity contribution in [3.63, 3.8) is 0 Å². The third-order valence-corrected chi connectivity index (χ3v) is 9.73. The van der Waals surface area contributed by atoms with Crippen LogP contribution in [0.25, 0.3) is 99.3 Å². The lowest BCUT2D eigenvalue weighted by Gasteiger charge is -2.18. The van der Waals surface area contributed by atoms with Crippen molar-refractivity contribution in [1.82, 2.24) is 9.97 Å². The summed E-state index contributed by atoms with van der Waals surface area (Å²) in [7, 11) is 0. The van der Waals surface area contributed by atoms with Gasteiger partial charge in [-0.15, -0.1) is 0 Å². The molecule has 0 aliphatic heterocycles. The minimum Gasteiger partial charge on any atom is -0.455 e. The molecule has 2 aromatic heterocycles. The molecule has 0 spiro atoms. The highest BCUT2D eigenvalue weighted by molar-refractivity contribution is 6.24. The number of furan rings is 1. The van der Waals surface area contributed by atoms with Gasteiger partial charge in [0.2, 0.25) is 0 Å². The molecule has 0 radical (unpaired) electrons. The van der Waals surface area contributed by atoms with Crippen LogP contribution in [0.15, 0.2) is 168 Å². The fourth-order valence-electron chi connectivity index (χ4n) is 7.52. The van der Waals surface area contributed by atoms with E-state index in [2.05, 4.69) is 48.5 Å². The SMILES string of the molecule is Fc1cc(-c2nc3ccccc3nc2-c2ccccc2)ccc1-c1c2ccccc2c(-c2cccc3c2oc2ccccc23)c2ccccc12. The molecule has 0 saturated heterocycles. The maximum absolute atomic E-state index is 16.8. The first-order valence-corrected chi connectivity index (χ1v) is 16.7. The van der Waals surface area contributed by atoms with Crippen molar-refractivity contribution in [3.05, 3.63) is 170 Å². The van der Waals surface area contributed by atoms with Crippen molar-refractivity contribution in [2.24, 2.45) is 0 Å². The smallest absolute Gasteiger partial charge is 0.143 e. The Bertz CT molecular complexity index is 2890. The zero-order valence-corrected chi connectivity index (χ0v) is 26.8. The Labute approximate surface area is 286 Å². The second-order valence-electron chi connectivity index (χ2n) is 12.6. The number of rotatable bonds is 4. The summed E-state index contributed by atoms with van der Waals surface area (Å²) in [6.45, 7) is 0. The van der Waals surface area contributed by atoms with Crippen LogP contribution in [-0.2, 0) is 0 Å². The fourth-order valence-corrected chi connectivity index (χ4v) is 7.52. The molecule has 0 unspecified atom stereocenters. The van der Waals surface area contributed by atoms with Gasteiger partial charge in [0.15, 0.2) is 0 Å². The van der Waals surface area contributed by atoms with Crippen molar-refractivity contribution < 1.29 is 8.81 Å². The molecule has 0 atom stereocenters. The maximum atomic E-state index is 16.8. The average Bonchev–Trinajstić information content (AvgIpc) is 3.56. The highest BCUT2D eigenvalue weighted by atomic mass is 19.1. The van der Waals surface area contributed by atoms with Crippen LogP contribution >= 0.6 is 0 Å². The second kappa shape index (κ2) is 11.2. The van der Waals surface area contributed by atoms with E-state index in [9.17, 15) is 0 Å². The van der Waals surface area contributed by atoms with Crippen molar-refractivity contribution in [1.29, 1.82) is 0 Å². The Balaban J connectivity index is 1.21. The topological polar surface area (TPSA) is 38.9 Å². The summed E-state index contributed by atoms with van der Waals surface area (Å²) in [6, 6.07) is 54.3. The third-order valence-electron chi connectivity index (χ3n) is 9.73. The molecule has 10 aromatic rings.